The molecular weight excluding hydrogens is 328 g/mol. The highest BCUT2D eigenvalue weighted by atomic mass is 79.9. The van der Waals surface area contributed by atoms with Crippen molar-refractivity contribution in [2.45, 2.75) is 44.9 Å². The third-order valence-corrected chi connectivity index (χ3v) is 2.59. The third-order valence-electron chi connectivity index (χ3n) is 2.36. The summed E-state index contributed by atoms with van der Waals surface area (Å²) in [5.41, 5.74) is 0. The Labute approximate surface area is 135 Å². The molecule has 0 saturated carbocycles. The van der Waals surface area contributed by atoms with Crippen molar-refractivity contribution in [3.05, 3.63) is 24.3 Å². The van der Waals surface area contributed by atoms with Gasteiger partial charge in [-0.15, -0.1) is 0 Å². The van der Waals surface area contributed by atoms with Crippen LogP contribution in [0.5, 0.6) is 0 Å². The van der Waals surface area contributed by atoms with Crippen molar-refractivity contribution in [1.82, 2.24) is 0 Å². The number of hydrogen-bond donors (Lipinski definition) is 1. The average molecular weight is 347 g/mol. The molecule has 0 aliphatic heterocycles. The molecule has 21 heavy (non-hydrogen) atoms. The maximum atomic E-state index is 10.3. The lowest BCUT2D eigenvalue weighted by Crippen LogP contribution is -1.92. The average Bonchev–Trinajstić information content (AvgIpc) is 2.46. The molecule has 0 fully saturated rings. The van der Waals surface area contributed by atoms with E-state index in [9.17, 15) is 4.79 Å². The first kappa shape index (κ1) is 19.1. The number of carboxylic acid groups (broad SMARTS) is 1. The van der Waals surface area contributed by atoms with Crippen LogP contribution in [0.25, 0.3) is 0 Å². The number of halogens is 1. The van der Waals surface area contributed by atoms with Crippen molar-refractivity contribution >= 4 is 21.9 Å². The van der Waals surface area contributed by atoms with E-state index >= 15 is 0 Å². The van der Waals surface area contributed by atoms with E-state index in [0.29, 0.717) is 12.8 Å². The van der Waals surface area contributed by atoms with E-state index in [0.717, 1.165) is 25.7 Å². The van der Waals surface area contributed by atoms with Gasteiger partial charge >= 0.3 is 5.97 Å². The van der Waals surface area contributed by atoms with Gasteiger partial charge in [-0.2, -0.15) is 0 Å². The van der Waals surface area contributed by atoms with Crippen LogP contribution in [0.4, 0.5) is 0 Å². The molecule has 0 aliphatic rings. The lowest BCUT2D eigenvalue weighted by atomic mass is 10.2. The van der Waals surface area contributed by atoms with Crippen LogP contribution < -0.4 is 0 Å². The van der Waals surface area contributed by atoms with Gasteiger partial charge < -0.3 is 5.11 Å². The molecule has 0 unspecified atom stereocenters. The summed E-state index contributed by atoms with van der Waals surface area (Å²) in [6.45, 7) is 0. The molecule has 0 amide bonds. The fourth-order valence-electron chi connectivity index (χ4n) is 1.35. The van der Waals surface area contributed by atoms with Crippen LogP contribution in [-0.2, 0) is 4.79 Å². The Morgan fingerprint density at radius 3 is 2.29 bits per heavy atom. The van der Waals surface area contributed by atoms with Crippen molar-refractivity contribution in [1.29, 1.82) is 0 Å². The normalized spacial score (nSPS) is 9.38. The van der Waals surface area contributed by atoms with Gasteiger partial charge in [0.05, 0.1) is 0 Å². The van der Waals surface area contributed by atoms with Crippen molar-refractivity contribution in [2.24, 2.45) is 0 Å². The van der Waals surface area contributed by atoms with Crippen LogP contribution in [0.3, 0.4) is 0 Å². The first-order valence-corrected chi connectivity index (χ1v) is 7.68. The Bertz CT molecular complexity index is 525. The molecule has 0 aliphatic carbocycles. The van der Waals surface area contributed by atoms with E-state index in [1.165, 1.54) is 0 Å². The standard InChI is InChI=1S/C18H19BrO2/c19-17-15-13-11-9-7-5-3-1-2-4-6-8-10-12-14-16-18(20)21/h1-2,11,13H,3,5,7,9,12,14,16H2,(H,20,21). The zero-order valence-corrected chi connectivity index (χ0v) is 13.6. The van der Waals surface area contributed by atoms with Gasteiger partial charge in [-0.3, -0.25) is 4.79 Å². The maximum Gasteiger partial charge on any atom is 0.303 e. The number of carboxylic acids is 1. The highest BCUT2D eigenvalue weighted by Crippen LogP contribution is 2.01. The van der Waals surface area contributed by atoms with E-state index in [-0.39, 0.29) is 6.42 Å². The summed E-state index contributed by atoms with van der Waals surface area (Å²) in [4.78, 5) is 12.9. The molecule has 110 valence electrons. The summed E-state index contributed by atoms with van der Waals surface area (Å²) in [5, 5.41) is 8.43. The molecule has 0 heterocycles. The van der Waals surface area contributed by atoms with Gasteiger partial charge in [0.25, 0.3) is 0 Å². The smallest absolute Gasteiger partial charge is 0.303 e. The minimum Gasteiger partial charge on any atom is -0.481 e. The van der Waals surface area contributed by atoms with Gasteiger partial charge in [-0.1, -0.05) is 29.9 Å². The zero-order valence-electron chi connectivity index (χ0n) is 12.0. The quantitative estimate of drug-likeness (QED) is 0.526. The minimum absolute atomic E-state index is 0.167. The Morgan fingerprint density at radius 2 is 1.67 bits per heavy atom. The number of rotatable bonds is 8. The molecule has 0 rings (SSSR count). The van der Waals surface area contributed by atoms with E-state index in [2.05, 4.69) is 56.4 Å². The van der Waals surface area contributed by atoms with E-state index < -0.39 is 5.97 Å². The van der Waals surface area contributed by atoms with Gasteiger partial charge in [0.2, 0.25) is 0 Å². The summed E-state index contributed by atoms with van der Waals surface area (Å²) in [6, 6.07) is 0. The fraction of sp³-hybridized carbons (Fsp3) is 0.389. The monoisotopic (exact) mass is 346 g/mol. The Hall–Kier alpha value is -1.89. The largest absolute Gasteiger partial charge is 0.481 e. The van der Waals surface area contributed by atoms with Crippen molar-refractivity contribution < 1.29 is 9.90 Å². The molecule has 0 radical (unpaired) electrons. The molecule has 2 nitrogen and oxygen atoms in total. The second kappa shape index (κ2) is 16.2. The van der Waals surface area contributed by atoms with Crippen molar-refractivity contribution in [3.8, 4) is 34.4 Å². The molecule has 1 N–H and O–H groups in total. The van der Waals surface area contributed by atoms with E-state index in [1.807, 2.05) is 18.2 Å². The lowest BCUT2D eigenvalue weighted by molar-refractivity contribution is -0.137. The zero-order chi connectivity index (χ0) is 15.6. The summed E-state index contributed by atoms with van der Waals surface area (Å²) in [5.74, 6) is 13.1. The van der Waals surface area contributed by atoms with Gasteiger partial charge in [-0.05, 0) is 60.9 Å². The number of aliphatic carboxylic acids is 1. The molecule has 0 aromatic rings. The summed E-state index contributed by atoms with van der Waals surface area (Å²) >= 11 is 3.03. The predicted octanol–water partition coefficient (Wildman–Crippen LogP) is 4.28. The molecule has 0 aromatic heterocycles. The Morgan fingerprint density at radius 1 is 1.00 bits per heavy atom. The molecule has 0 bridgehead atoms. The second-order valence-corrected chi connectivity index (χ2v) is 4.54. The van der Waals surface area contributed by atoms with Crippen LogP contribution >= 0.6 is 15.9 Å². The van der Waals surface area contributed by atoms with Crippen molar-refractivity contribution in [3.63, 3.8) is 0 Å². The first-order chi connectivity index (χ1) is 10.3. The summed E-state index contributed by atoms with van der Waals surface area (Å²) in [7, 11) is 0. The fourth-order valence-corrected chi connectivity index (χ4v) is 1.49. The first-order valence-electron chi connectivity index (χ1n) is 6.88. The molecule has 0 aromatic carbocycles. The summed E-state index contributed by atoms with van der Waals surface area (Å²) in [6.07, 6.45) is 13.4. The van der Waals surface area contributed by atoms with Gasteiger partial charge in [-0.25, -0.2) is 0 Å². The SMILES string of the molecule is O=C(O)CCCC#CC#CC=CCCCCC=CC#CBr. The molecule has 0 saturated heterocycles. The number of hydrogen-bond acceptors (Lipinski definition) is 1. The van der Waals surface area contributed by atoms with Crippen LogP contribution in [0.15, 0.2) is 24.3 Å². The Kier molecular flexibility index (Phi) is 14.7. The topological polar surface area (TPSA) is 37.3 Å². The van der Waals surface area contributed by atoms with Gasteiger partial charge in [0, 0.05) is 28.8 Å². The van der Waals surface area contributed by atoms with Crippen LogP contribution in [0.1, 0.15) is 44.9 Å². The van der Waals surface area contributed by atoms with Gasteiger partial charge in [0.15, 0.2) is 0 Å². The van der Waals surface area contributed by atoms with E-state index in [4.69, 9.17) is 5.11 Å². The maximum absolute atomic E-state index is 10.3. The number of unbranched alkanes of at least 4 members (excludes halogenated alkanes) is 4. The van der Waals surface area contributed by atoms with Crippen molar-refractivity contribution in [2.75, 3.05) is 0 Å². The predicted molar refractivity (Wildman–Crippen MR) is 90.5 cm³/mol. The highest BCUT2D eigenvalue weighted by molar-refractivity contribution is 9.12. The minimum atomic E-state index is -0.780. The third kappa shape index (κ3) is 18.1. The van der Waals surface area contributed by atoms with Crippen LogP contribution in [-0.4, -0.2) is 11.1 Å². The highest BCUT2D eigenvalue weighted by Gasteiger charge is 1.92. The molecule has 0 atom stereocenters. The molecular formula is C18H19BrO2. The summed E-state index contributed by atoms with van der Waals surface area (Å²) < 4.78 is 0. The van der Waals surface area contributed by atoms with Crippen LogP contribution in [0, 0.1) is 34.4 Å². The number of carbonyl (C=O) groups is 1. The molecule has 0 spiro atoms. The lowest BCUT2D eigenvalue weighted by Gasteiger charge is -1.90. The Balaban J connectivity index is 3.55. The second-order valence-electron chi connectivity index (χ2n) is 4.15. The number of allylic oxidation sites excluding steroid dienone is 4. The molecule has 3 heteroatoms. The van der Waals surface area contributed by atoms with Crippen LogP contribution in [0.2, 0.25) is 0 Å². The van der Waals surface area contributed by atoms with Gasteiger partial charge in [0.1, 0.15) is 0 Å². The van der Waals surface area contributed by atoms with E-state index in [1.54, 1.807) is 0 Å².